The van der Waals surface area contributed by atoms with Gasteiger partial charge in [-0.05, 0) is 25.8 Å². The number of nitrogens with one attached hydrogen (secondary N) is 1. The average molecular weight is 236 g/mol. The van der Waals surface area contributed by atoms with Crippen molar-refractivity contribution in [1.82, 2.24) is 20.4 Å². The third kappa shape index (κ3) is 2.50. The summed E-state index contributed by atoms with van der Waals surface area (Å²) in [5, 5.41) is 7.41. The third-order valence-corrected chi connectivity index (χ3v) is 3.54. The molecular weight excluding hydrogens is 216 g/mol. The maximum absolute atomic E-state index is 5.30. The van der Waals surface area contributed by atoms with Crippen LogP contribution in [0.3, 0.4) is 0 Å². The largest absolute Gasteiger partial charge is 0.339 e. The molecule has 1 aliphatic heterocycles. The van der Waals surface area contributed by atoms with Gasteiger partial charge >= 0.3 is 0 Å². The van der Waals surface area contributed by atoms with Gasteiger partial charge in [0.1, 0.15) is 0 Å². The Morgan fingerprint density at radius 2 is 2.24 bits per heavy atom. The first kappa shape index (κ1) is 11.2. The van der Waals surface area contributed by atoms with Crippen molar-refractivity contribution in [1.29, 1.82) is 0 Å². The zero-order valence-corrected chi connectivity index (χ0v) is 10.4. The molecule has 17 heavy (non-hydrogen) atoms. The molecule has 2 aliphatic rings. The van der Waals surface area contributed by atoms with Gasteiger partial charge in [0.15, 0.2) is 5.82 Å². The van der Waals surface area contributed by atoms with E-state index < -0.39 is 0 Å². The smallest absolute Gasteiger partial charge is 0.229 e. The Labute approximate surface area is 102 Å². The van der Waals surface area contributed by atoms with Gasteiger partial charge in [0.2, 0.25) is 5.89 Å². The molecule has 1 aromatic rings. The molecule has 0 radical (unpaired) electrons. The summed E-state index contributed by atoms with van der Waals surface area (Å²) >= 11 is 0. The Balaban J connectivity index is 1.61. The Kier molecular flexibility index (Phi) is 3.11. The van der Waals surface area contributed by atoms with Gasteiger partial charge < -0.3 is 9.84 Å². The second-order valence-corrected chi connectivity index (χ2v) is 5.11. The molecule has 1 aromatic heterocycles. The number of hydrogen-bond donors (Lipinski definition) is 1. The zero-order chi connectivity index (χ0) is 11.7. The van der Waals surface area contributed by atoms with Gasteiger partial charge in [-0.25, -0.2) is 0 Å². The molecule has 1 aliphatic carbocycles. The molecule has 0 atom stereocenters. The summed E-state index contributed by atoms with van der Waals surface area (Å²) in [5.74, 6) is 2.26. The molecule has 2 heterocycles. The predicted octanol–water partition coefficient (Wildman–Crippen LogP) is 1.13. The minimum atomic E-state index is 0.557. The van der Waals surface area contributed by atoms with Crippen LogP contribution in [-0.4, -0.2) is 40.7 Å². The van der Waals surface area contributed by atoms with Crippen LogP contribution < -0.4 is 5.32 Å². The fourth-order valence-electron chi connectivity index (χ4n) is 2.22. The average Bonchev–Trinajstić information content (AvgIpc) is 2.98. The van der Waals surface area contributed by atoms with E-state index in [2.05, 4.69) is 27.3 Å². The van der Waals surface area contributed by atoms with Gasteiger partial charge in [0, 0.05) is 25.0 Å². The minimum absolute atomic E-state index is 0.557. The van der Waals surface area contributed by atoms with E-state index in [0.717, 1.165) is 37.9 Å². The Hall–Kier alpha value is -0.940. The standard InChI is InChI=1S/C12H20N4O/c1-2-5-16(10-6-13-7-10)8-11-14-12(17-15-11)9-3-4-9/h9-10,13H,2-8H2,1H3. The predicted molar refractivity (Wildman–Crippen MR) is 63.6 cm³/mol. The Morgan fingerprint density at radius 1 is 1.41 bits per heavy atom. The van der Waals surface area contributed by atoms with Crippen LogP contribution in [0.2, 0.25) is 0 Å². The topological polar surface area (TPSA) is 54.2 Å². The fraction of sp³-hybridized carbons (Fsp3) is 0.833. The maximum atomic E-state index is 5.30. The molecule has 0 bridgehead atoms. The van der Waals surface area contributed by atoms with E-state index in [9.17, 15) is 0 Å². The highest BCUT2D eigenvalue weighted by atomic mass is 16.5. The van der Waals surface area contributed by atoms with Gasteiger partial charge in [-0.1, -0.05) is 12.1 Å². The molecule has 0 aromatic carbocycles. The highest BCUT2D eigenvalue weighted by Crippen LogP contribution is 2.38. The molecule has 1 saturated heterocycles. The fourth-order valence-corrected chi connectivity index (χ4v) is 2.22. The van der Waals surface area contributed by atoms with E-state index in [1.807, 2.05) is 0 Å². The molecule has 0 amide bonds. The quantitative estimate of drug-likeness (QED) is 0.802. The first-order chi connectivity index (χ1) is 8.36. The SMILES string of the molecule is CCCN(Cc1noc(C2CC2)n1)C1CNC1. The normalized spacial score (nSPS) is 20.8. The summed E-state index contributed by atoms with van der Waals surface area (Å²) in [4.78, 5) is 6.95. The number of rotatable bonds is 6. The summed E-state index contributed by atoms with van der Waals surface area (Å²) in [6.45, 7) is 6.33. The zero-order valence-electron chi connectivity index (χ0n) is 10.4. The van der Waals surface area contributed by atoms with Crippen LogP contribution in [0.4, 0.5) is 0 Å². The van der Waals surface area contributed by atoms with Gasteiger partial charge in [-0.3, -0.25) is 4.90 Å². The van der Waals surface area contributed by atoms with Gasteiger partial charge in [-0.2, -0.15) is 4.98 Å². The summed E-state index contributed by atoms with van der Waals surface area (Å²) in [6.07, 6.45) is 3.60. The maximum Gasteiger partial charge on any atom is 0.229 e. The van der Waals surface area contributed by atoms with Crippen molar-refractivity contribution in [3.05, 3.63) is 11.7 Å². The Morgan fingerprint density at radius 3 is 2.82 bits per heavy atom. The van der Waals surface area contributed by atoms with E-state index in [-0.39, 0.29) is 0 Å². The van der Waals surface area contributed by atoms with E-state index >= 15 is 0 Å². The van der Waals surface area contributed by atoms with E-state index in [4.69, 9.17) is 4.52 Å². The summed E-state index contributed by atoms with van der Waals surface area (Å²) in [6, 6.07) is 0.651. The van der Waals surface area contributed by atoms with E-state index in [1.165, 1.54) is 19.3 Å². The van der Waals surface area contributed by atoms with Crippen molar-refractivity contribution in [3.8, 4) is 0 Å². The molecule has 94 valence electrons. The lowest BCUT2D eigenvalue weighted by Crippen LogP contribution is -2.57. The van der Waals surface area contributed by atoms with Crippen LogP contribution >= 0.6 is 0 Å². The second-order valence-electron chi connectivity index (χ2n) is 5.11. The summed E-state index contributed by atoms with van der Waals surface area (Å²) in [7, 11) is 0. The van der Waals surface area contributed by atoms with Crippen molar-refractivity contribution < 1.29 is 4.52 Å². The first-order valence-electron chi connectivity index (χ1n) is 6.64. The van der Waals surface area contributed by atoms with Crippen molar-refractivity contribution in [3.63, 3.8) is 0 Å². The van der Waals surface area contributed by atoms with Crippen molar-refractivity contribution in [2.24, 2.45) is 0 Å². The van der Waals surface area contributed by atoms with Gasteiger partial charge in [0.05, 0.1) is 6.54 Å². The second kappa shape index (κ2) is 4.74. The Bertz CT molecular complexity index is 370. The molecule has 0 unspecified atom stereocenters. The number of hydrogen-bond acceptors (Lipinski definition) is 5. The molecule has 1 saturated carbocycles. The van der Waals surface area contributed by atoms with Gasteiger partial charge in [0.25, 0.3) is 0 Å². The van der Waals surface area contributed by atoms with Crippen LogP contribution in [0.15, 0.2) is 4.52 Å². The third-order valence-electron chi connectivity index (χ3n) is 3.54. The van der Waals surface area contributed by atoms with Crippen molar-refractivity contribution in [2.75, 3.05) is 19.6 Å². The van der Waals surface area contributed by atoms with Crippen LogP contribution in [0.5, 0.6) is 0 Å². The van der Waals surface area contributed by atoms with Crippen LogP contribution in [0.25, 0.3) is 0 Å². The lowest BCUT2D eigenvalue weighted by atomic mass is 10.1. The highest BCUT2D eigenvalue weighted by Gasteiger charge is 2.30. The summed E-state index contributed by atoms with van der Waals surface area (Å²) < 4.78 is 5.30. The van der Waals surface area contributed by atoms with Crippen LogP contribution in [0.1, 0.15) is 43.8 Å². The van der Waals surface area contributed by atoms with Crippen LogP contribution in [0, 0.1) is 0 Å². The molecule has 3 rings (SSSR count). The van der Waals surface area contributed by atoms with Crippen molar-refractivity contribution >= 4 is 0 Å². The van der Waals surface area contributed by atoms with E-state index in [0.29, 0.717) is 12.0 Å². The van der Waals surface area contributed by atoms with Gasteiger partial charge in [-0.15, -0.1) is 0 Å². The molecule has 1 N–H and O–H groups in total. The van der Waals surface area contributed by atoms with Crippen LogP contribution in [-0.2, 0) is 6.54 Å². The molecule has 0 spiro atoms. The van der Waals surface area contributed by atoms with E-state index in [1.54, 1.807) is 0 Å². The molecule has 5 nitrogen and oxygen atoms in total. The highest BCUT2D eigenvalue weighted by molar-refractivity contribution is 5.02. The van der Waals surface area contributed by atoms with Crippen molar-refractivity contribution in [2.45, 2.75) is 44.7 Å². The monoisotopic (exact) mass is 236 g/mol. The molecule has 2 fully saturated rings. The summed E-state index contributed by atoms with van der Waals surface area (Å²) in [5.41, 5.74) is 0. The minimum Gasteiger partial charge on any atom is -0.339 e. The number of nitrogens with zero attached hydrogens (tertiary/aromatic N) is 3. The lowest BCUT2D eigenvalue weighted by Gasteiger charge is -2.37. The first-order valence-corrected chi connectivity index (χ1v) is 6.64. The number of aromatic nitrogens is 2. The lowest BCUT2D eigenvalue weighted by molar-refractivity contribution is 0.133. The molecule has 5 heteroatoms. The molecular formula is C12H20N4O.